The number of carbonyl (C=O) groups is 4. The van der Waals surface area contributed by atoms with Crippen molar-refractivity contribution < 1.29 is 24.3 Å². The molecule has 2 aromatic heterocycles. The van der Waals surface area contributed by atoms with Crippen molar-refractivity contribution in [3.8, 4) is 0 Å². The fourth-order valence-corrected chi connectivity index (χ4v) is 3.46. The van der Waals surface area contributed by atoms with Gasteiger partial charge in [0.2, 0.25) is 17.7 Å². The first kappa shape index (κ1) is 28.5. The minimum absolute atomic E-state index is 0.00495. The summed E-state index contributed by atoms with van der Waals surface area (Å²) < 4.78 is 0. The van der Waals surface area contributed by atoms with Crippen LogP contribution in [0.25, 0.3) is 0 Å². The fourth-order valence-electron chi connectivity index (χ4n) is 3.46. The van der Waals surface area contributed by atoms with Crippen molar-refractivity contribution in [2.75, 3.05) is 0 Å². The Morgan fingerprint density at radius 1 is 0.833 bits per heavy atom. The Labute approximate surface area is 209 Å². The molecule has 0 aliphatic rings. The van der Waals surface area contributed by atoms with Crippen LogP contribution in [0.15, 0.2) is 25.0 Å². The highest BCUT2D eigenvalue weighted by Gasteiger charge is 2.31. The maximum atomic E-state index is 13.3. The molecule has 198 valence electrons. The molecule has 13 nitrogen and oxygen atoms in total. The Hall–Kier alpha value is -3.74. The minimum atomic E-state index is -1.23. The summed E-state index contributed by atoms with van der Waals surface area (Å²) in [6, 6.07) is -4.11. The molecule has 0 saturated heterocycles. The van der Waals surface area contributed by atoms with Crippen molar-refractivity contribution in [1.29, 1.82) is 0 Å². The number of carboxylic acid groups (broad SMARTS) is 1. The lowest BCUT2D eigenvalue weighted by Crippen LogP contribution is -2.58. The number of aliphatic carboxylic acids is 1. The number of aromatic amines is 2. The molecule has 2 rings (SSSR count). The Kier molecular flexibility index (Phi) is 10.6. The molecule has 3 amide bonds. The maximum Gasteiger partial charge on any atom is 0.326 e. The second-order valence-electron chi connectivity index (χ2n) is 9.48. The summed E-state index contributed by atoms with van der Waals surface area (Å²) in [5.41, 5.74) is 7.08. The zero-order chi connectivity index (χ0) is 26.8. The lowest BCUT2D eigenvalue weighted by molar-refractivity contribution is -0.142. The average Bonchev–Trinajstić information content (AvgIpc) is 3.50. The molecular weight excluding hydrogens is 468 g/mol. The van der Waals surface area contributed by atoms with E-state index in [1.54, 1.807) is 13.8 Å². The maximum absolute atomic E-state index is 13.3. The molecule has 0 aromatic carbocycles. The average molecular weight is 505 g/mol. The van der Waals surface area contributed by atoms with Crippen LogP contribution in [-0.4, -0.2) is 72.9 Å². The normalized spacial score (nSPS) is 14.6. The topological polar surface area (TPSA) is 208 Å². The second kappa shape index (κ2) is 13.4. The van der Waals surface area contributed by atoms with E-state index in [1.807, 2.05) is 13.8 Å². The summed E-state index contributed by atoms with van der Waals surface area (Å²) in [7, 11) is 0. The van der Waals surface area contributed by atoms with Gasteiger partial charge in [0.25, 0.3) is 0 Å². The predicted molar refractivity (Wildman–Crippen MR) is 130 cm³/mol. The molecular formula is C23H36N8O5. The number of carboxylic acids is 1. The summed E-state index contributed by atoms with van der Waals surface area (Å²) in [6.07, 6.45) is 6.21. The Morgan fingerprint density at radius 2 is 1.31 bits per heavy atom. The van der Waals surface area contributed by atoms with Gasteiger partial charge in [-0.05, 0) is 18.3 Å². The van der Waals surface area contributed by atoms with Gasteiger partial charge in [0.15, 0.2) is 0 Å². The lowest BCUT2D eigenvalue weighted by atomic mass is 10.0. The number of hydrogen-bond donors (Lipinski definition) is 7. The van der Waals surface area contributed by atoms with E-state index in [2.05, 4.69) is 35.9 Å². The van der Waals surface area contributed by atoms with Gasteiger partial charge in [-0.2, -0.15) is 0 Å². The standard InChI is InChI=1S/C23H36N8O5/c1-12(2)5-16(20(32)31-18(23(35)36)7-15-9-26-11-28-15)29-21(33)17(6-14-8-25-10-27-14)30-22(34)19(24)13(3)4/h8-13,16-19H,5-7,24H2,1-4H3,(H,25,27)(H,26,28)(H,29,33)(H,30,34)(H,31,32)(H,35,36). The number of H-pyrrole nitrogens is 2. The molecule has 8 N–H and O–H groups in total. The molecule has 2 aromatic rings. The van der Waals surface area contributed by atoms with E-state index in [0.717, 1.165) is 0 Å². The van der Waals surface area contributed by atoms with E-state index in [1.165, 1.54) is 25.0 Å². The predicted octanol–water partition coefficient (Wildman–Crippen LogP) is -0.514. The number of carbonyl (C=O) groups excluding carboxylic acids is 3. The number of rotatable bonds is 14. The van der Waals surface area contributed by atoms with Crippen molar-refractivity contribution >= 4 is 23.7 Å². The van der Waals surface area contributed by atoms with E-state index in [0.29, 0.717) is 11.4 Å². The van der Waals surface area contributed by atoms with Gasteiger partial charge in [-0.3, -0.25) is 14.4 Å². The van der Waals surface area contributed by atoms with Crippen molar-refractivity contribution in [2.45, 2.75) is 71.1 Å². The largest absolute Gasteiger partial charge is 0.480 e. The van der Waals surface area contributed by atoms with Crippen LogP contribution in [0, 0.1) is 11.8 Å². The van der Waals surface area contributed by atoms with Crippen LogP contribution in [0.1, 0.15) is 45.5 Å². The van der Waals surface area contributed by atoms with Crippen molar-refractivity contribution in [3.05, 3.63) is 36.4 Å². The van der Waals surface area contributed by atoms with Gasteiger partial charge in [0.1, 0.15) is 18.1 Å². The van der Waals surface area contributed by atoms with Crippen molar-refractivity contribution in [2.24, 2.45) is 17.6 Å². The van der Waals surface area contributed by atoms with Gasteiger partial charge in [-0.1, -0.05) is 27.7 Å². The van der Waals surface area contributed by atoms with E-state index >= 15 is 0 Å². The van der Waals surface area contributed by atoms with Gasteiger partial charge >= 0.3 is 5.97 Å². The van der Waals surface area contributed by atoms with Gasteiger partial charge in [-0.15, -0.1) is 0 Å². The van der Waals surface area contributed by atoms with Gasteiger partial charge in [0, 0.05) is 36.6 Å². The zero-order valence-corrected chi connectivity index (χ0v) is 20.9. The first-order valence-corrected chi connectivity index (χ1v) is 11.8. The summed E-state index contributed by atoms with van der Waals surface area (Å²) >= 11 is 0. The van der Waals surface area contributed by atoms with E-state index < -0.39 is 47.9 Å². The lowest BCUT2D eigenvalue weighted by Gasteiger charge is -2.26. The number of amides is 3. The van der Waals surface area contributed by atoms with Gasteiger partial charge < -0.3 is 36.8 Å². The zero-order valence-electron chi connectivity index (χ0n) is 20.9. The summed E-state index contributed by atoms with van der Waals surface area (Å²) in [6.45, 7) is 7.33. The second-order valence-corrected chi connectivity index (χ2v) is 9.48. The Morgan fingerprint density at radius 3 is 1.75 bits per heavy atom. The summed E-state index contributed by atoms with van der Waals surface area (Å²) in [4.78, 5) is 64.2. The smallest absolute Gasteiger partial charge is 0.326 e. The highest BCUT2D eigenvalue weighted by atomic mass is 16.4. The van der Waals surface area contributed by atoms with Crippen LogP contribution < -0.4 is 21.7 Å². The van der Waals surface area contributed by atoms with Crippen LogP contribution in [0.4, 0.5) is 0 Å². The first-order chi connectivity index (χ1) is 17.0. The van der Waals surface area contributed by atoms with Crippen LogP contribution in [0.3, 0.4) is 0 Å². The molecule has 4 unspecified atom stereocenters. The number of imidazole rings is 2. The molecule has 13 heteroatoms. The minimum Gasteiger partial charge on any atom is -0.480 e. The fraction of sp³-hybridized carbons (Fsp3) is 0.565. The Bertz CT molecular complexity index is 990. The molecule has 0 bridgehead atoms. The monoisotopic (exact) mass is 504 g/mol. The van der Waals surface area contributed by atoms with E-state index in [4.69, 9.17) is 5.73 Å². The highest BCUT2D eigenvalue weighted by molar-refractivity contribution is 5.94. The van der Waals surface area contributed by atoms with Gasteiger partial charge in [-0.25, -0.2) is 14.8 Å². The molecule has 2 heterocycles. The number of nitrogens with one attached hydrogen (secondary N) is 5. The van der Waals surface area contributed by atoms with E-state index in [-0.39, 0.29) is 31.1 Å². The molecule has 0 radical (unpaired) electrons. The van der Waals surface area contributed by atoms with E-state index in [9.17, 15) is 24.3 Å². The SMILES string of the molecule is CC(C)CC(NC(=O)C(Cc1cnc[nH]1)NC(=O)C(N)C(C)C)C(=O)NC(Cc1cnc[nH]1)C(=O)O. The summed E-state index contributed by atoms with van der Waals surface area (Å²) in [5, 5.41) is 17.4. The van der Waals surface area contributed by atoms with Crippen LogP contribution >= 0.6 is 0 Å². The Balaban J connectivity index is 2.18. The quantitative estimate of drug-likeness (QED) is 0.178. The number of aromatic nitrogens is 4. The first-order valence-electron chi connectivity index (χ1n) is 11.8. The number of hydrogen-bond acceptors (Lipinski definition) is 7. The number of nitrogens with zero attached hydrogens (tertiary/aromatic N) is 2. The van der Waals surface area contributed by atoms with Gasteiger partial charge in [0.05, 0.1) is 18.7 Å². The van der Waals surface area contributed by atoms with Crippen molar-refractivity contribution in [3.63, 3.8) is 0 Å². The third-order valence-electron chi connectivity index (χ3n) is 5.57. The van der Waals surface area contributed by atoms with Crippen molar-refractivity contribution in [1.82, 2.24) is 35.9 Å². The number of nitrogens with two attached hydrogens (primary N) is 1. The molecule has 36 heavy (non-hydrogen) atoms. The third kappa shape index (κ3) is 8.80. The molecule has 0 saturated carbocycles. The molecule has 0 aliphatic heterocycles. The third-order valence-corrected chi connectivity index (χ3v) is 5.57. The molecule has 0 spiro atoms. The van der Waals surface area contributed by atoms with Crippen LogP contribution in [-0.2, 0) is 32.0 Å². The highest BCUT2D eigenvalue weighted by Crippen LogP contribution is 2.09. The summed E-state index contributed by atoms with van der Waals surface area (Å²) in [5.74, 6) is -3.11. The van der Waals surface area contributed by atoms with Crippen LogP contribution in [0.5, 0.6) is 0 Å². The van der Waals surface area contributed by atoms with Crippen LogP contribution in [0.2, 0.25) is 0 Å². The molecule has 0 fully saturated rings. The molecule has 4 atom stereocenters. The molecule has 0 aliphatic carbocycles.